The van der Waals surface area contributed by atoms with E-state index < -0.39 is 6.10 Å². The third kappa shape index (κ3) is 2.80. The van der Waals surface area contributed by atoms with Crippen LogP contribution in [0.5, 0.6) is 0 Å². The van der Waals surface area contributed by atoms with Crippen LogP contribution in [0.25, 0.3) is 11.3 Å². The summed E-state index contributed by atoms with van der Waals surface area (Å²) in [4.78, 5) is 18.2. The molecular formula is C15H15ClN2O3. The lowest BCUT2D eigenvalue weighted by atomic mass is 10.1. The Labute approximate surface area is 127 Å². The van der Waals surface area contributed by atoms with E-state index in [0.717, 1.165) is 12.8 Å². The van der Waals surface area contributed by atoms with Crippen LogP contribution in [0.4, 0.5) is 0 Å². The van der Waals surface area contributed by atoms with E-state index in [0.29, 0.717) is 29.4 Å². The third-order valence-corrected chi connectivity index (χ3v) is 3.90. The van der Waals surface area contributed by atoms with Crippen LogP contribution in [0.3, 0.4) is 0 Å². The van der Waals surface area contributed by atoms with Gasteiger partial charge in [0, 0.05) is 18.7 Å². The van der Waals surface area contributed by atoms with Gasteiger partial charge < -0.3 is 14.4 Å². The van der Waals surface area contributed by atoms with Crippen LogP contribution in [0, 0.1) is 0 Å². The van der Waals surface area contributed by atoms with Gasteiger partial charge in [0.25, 0.3) is 5.91 Å². The smallest absolute Gasteiger partial charge is 0.276 e. The van der Waals surface area contributed by atoms with Gasteiger partial charge in [0.15, 0.2) is 17.8 Å². The van der Waals surface area contributed by atoms with Crippen molar-refractivity contribution in [3.8, 4) is 11.3 Å². The highest BCUT2D eigenvalue weighted by Gasteiger charge is 2.28. The first-order chi connectivity index (χ1) is 10.2. The summed E-state index contributed by atoms with van der Waals surface area (Å²) >= 11 is 6.15. The molecular weight excluding hydrogens is 292 g/mol. The highest BCUT2D eigenvalue weighted by molar-refractivity contribution is 6.33. The predicted molar refractivity (Wildman–Crippen MR) is 78.1 cm³/mol. The first-order valence-corrected chi connectivity index (χ1v) is 7.20. The number of piperidine rings is 1. The molecule has 1 aliphatic rings. The second-order valence-corrected chi connectivity index (χ2v) is 5.46. The summed E-state index contributed by atoms with van der Waals surface area (Å²) in [5.41, 5.74) is 0.870. The van der Waals surface area contributed by atoms with E-state index in [4.69, 9.17) is 16.0 Å². The lowest BCUT2D eigenvalue weighted by Crippen LogP contribution is -2.42. The fourth-order valence-corrected chi connectivity index (χ4v) is 2.75. The molecule has 110 valence electrons. The molecule has 1 aliphatic heterocycles. The zero-order valence-corrected chi connectivity index (χ0v) is 12.1. The normalized spacial score (nSPS) is 18.8. The molecule has 0 spiro atoms. The lowest BCUT2D eigenvalue weighted by Gasteiger charge is -2.29. The van der Waals surface area contributed by atoms with Gasteiger partial charge in [-0.1, -0.05) is 23.7 Å². The summed E-state index contributed by atoms with van der Waals surface area (Å²) < 4.78 is 5.36. The average molecular weight is 307 g/mol. The van der Waals surface area contributed by atoms with Gasteiger partial charge in [-0.25, -0.2) is 4.98 Å². The van der Waals surface area contributed by atoms with Crippen molar-refractivity contribution >= 4 is 17.5 Å². The minimum Gasteiger partial charge on any atom is -0.443 e. The molecule has 1 aromatic carbocycles. The predicted octanol–water partition coefficient (Wildman–Crippen LogP) is 2.59. The van der Waals surface area contributed by atoms with E-state index in [2.05, 4.69) is 4.98 Å². The van der Waals surface area contributed by atoms with E-state index in [-0.39, 0.29) is 11.6 Å². The number of nitrogens with zero attached hydrogens (tertiary/aromatic N) is 2. The van der Waals surface area contributed by atoms with Crippen LogP contribution >= 0.6 is 11.6 Å². The number of rotatable bonds is 2. The molecule has 1 saturated heterocycles. The molecule has 1 amide bonds. The maximum Gasteiger partial charge on any atom is 0.276 e. The van der Waals surface area contributed by atoms with E-state index in [1.54, 1.807) is 17.0 Å². The largest absolute Gasteiger partial charge is 0.443 e. The quantitative estimate of drug-likeness (QED) is 0.926. The molecule has 5 nitrogen and oxygen atoms in total. The Kier molecular flexibility index (Phi) is 3.94. The van der Waals surface area contributed by atoms with Crippen molar-refractivity contribution in [3.63, 3.8) is 0 Å². The van der Waals surface area contributed by atoms with Gasteiger partial charge in [-0.05, 0) is 25.0 Å². The van der Waals surface area contributed by atoms with Crippen LogP contribution in [0.2, 0.25) is 5.02 Å². The first kappa shape index (κ1) is 14.1. The maximum absolute atomic E-state index is 12.6. The number of aliphatic hydroxyl groups excluding tert-OH is 1. The number of β-amino-alcohol motifs (C(OH)–C–C–N with tert-alkyl or cyclic N) is 1. The summed E-state index contributed by atoms with van der Waals surface area (Å²) in [5.74, 6) is 0.128. The van der Waals surface area contributed by atoms with Crippen molar-refractivity contribution < 1.29 is 14.3 Å². The molecule has 1 N–H and O–H groups in total. The Morgan fingerprint density at radius 3 is 3.00 bits per heavy atom. The standard InChI is InChI=1S/C15H15ClN2O3/c16-12-6-2-1-5-11(12)14-13(17-9-21-14)15(20)18-7-3-4-10(19)8-18/h1-2,5-6,9-10,19H,3-4,7-8H2. The first-order valence-electron chi connectivity index (χ1n) is 6.82. The second kappa shape index (κ2) is 5.87. The Morgan fingerprint density at radius 1 is 1.43 bits per heavy atom. The Balaban J connectivity index is 1.92. The van der Waals surface area contributed by atoms with Crippen molar-refractivity contribution in [1.82, 2.24) is 9.88 Å². The number of carbonyl (C=O) groups excluding carboxylic acids is 1. The SMILES string of the molecule is O=C(c1ncoc1-c1ccccc1Cl)N1CCCC(O)C1. The minimum atomic E-state index is -0.474. The number of aliphatic hydroxyl groups is 1. The van der Waals surface area contributed by atoms with Crippen molar-refractivity contribution in [2.24, 2.45) is 0 Å². The lowest BCUT2D eigenvalue weighted by molar-refractivity contribution is 0.0469. The average Bonchev–Trinajstić information content (AvgIpc) is 2.96. The molecule has 1 aromatic heterocycles. The topological polar surface area (TPSA) is 66.6 Å². The van der Waals surface area contributed by atoms with Gasteiger partial charge in [0.2, 0.25) is 0 Å². The van der Waals surface area contributed by atoms with Gasteiger partial charge in [-0.3, -0.25) is 4.79 Å². The monoisotopic (exact) mass is 306 g/mol. The molecule has 0 aliphatic carbocycles. The van der Waals surface area contributed by atoms with Crippen LogP contribution in [0.15, 0.2) is 35.1 Å². The maximum atomic E-state index is 12.6. The van der Waals surface area contributed by atoms with Crippen molar-refractivity contribution in [2.75, 3.05) is 13.1 Å². The van der Waals surface area contributed by atoms with Crippen LogP contribution < -0.4 is 0 Å². The highest BCUT2D eigenvalue weighted by atomic mass is 35.5. The Morgan fingerprint density at radius 2 is 2.24 bits per heavy atom. The molecule has 0 radical (unpaired) electrons. The molecule has 1 fully saturated rings. The number of carbonyl (C=O) groups is 1. The van der Waals surface area contributed by atoms with Gasteiger partial charge in [-0.2, -0.15) is 0 Å². The Hall–Kier alpha value is -1.85. The van der Waals surface area contributed by atoms with Crippen LogP contribution in [-0.4, -0.2) is 40.1 Å². The summed E-state index contributed by atoms with van der Waals surface area (Å²) in [5, 5.41) is 10.2. The Bertz CT molecular complexity index is 656. The summed E-state index contributed by atoms with van der Waals surface area (Å²) in [6, 6.07) is 7.15. The number of aromatic nitrogens is 1. The molecule has 3 rings (SSSR count). The summed E-state index contributed by atoms with van der Waals surface area (Å²) in [7, 11) is 0. The van der Waals surface area contributed by atoms with E-state index in [1.807, 2.05) is 12.1 Å². The number of likely N-dealkylation sites (tertiary alicyclic amines) is 1. The number of hydrogen-bond acceptors (Lipinski definition) is 4. The molecule has 0 saturated carbocycles. The van der Waals surface area contributed by atoms with E-state index in [1.165, 1.54) is 6.39 Å². The van der Waals surface area contributed by atoms with Crippen molar-refractivity contribution in [1.29, 1.82) is 0 Å². The summed E-state index contributed by atoms with van der Waals surface area (Å²) in [6.45, 7) is 0.943. The van der Waals surface area contributed by atoms with Crippen molar-refractivity contribution in [2.45, 2.75) is 18.9 Å². The van der Waals surface area contributed by atoms with Crippen molar-refractivity contribution in [3.05, 3.63) is 41.4 Å². The third-order valence-electron chi connectivity index (χ3n) is 3.57. The van der Waals surface area contributed by atoms with Gasteiger partial charge >= 0.3 is 0 Å². The molecule has 6 heteroatoms. The fraction of sp³-hybridized carbons (Fsp3) is 0.333. The molecule has 1 atom stereocenters. The van der Waals surface area contributed by atoms with E-state index >= 15 is 0 Å². The zero-order chi connectivity index (χ0) is 14.8. The van der Waals surface area contributed by atoms with Crippen LogP contribution in [0.1, 0.15) is 23.3 Å². The molecule has 2 aromatic rings. The molecule has 0 bridgehead atoms. The summed E-state index contributed by atoms with van der Waals surface area (Å²) in [6.07, 6.45) is 2.27. The van der Waals surface area contributed by atoms with Gasteiger partial charge in [0.1, 0.15) is 0 Å². The highest BCUT2D eigenvalue weighted by Crippen LogP contribution is 2.30. The van der Waals surface area contributed by atoms with Gasteiger partial charge in [-0.15, -0.1) is 0 Å². The number of oxazole rings is 1. The number of halogens is 1. The second-order valence-electron chi connectivity index (χ2n) is 5.06. The minimum absolute atomic E-state index is 0.234. The molecule has 21 heavy (non-hydrogen) atoms. The fourth-order valence-electron chi connectivity index (χ4n) is 2.52. The van der Waals surface area contributed by atoms with Gasteiger partial charge in [0.05, 0.1) is 11.1 Å². The number of hydrogen-bond donors (Lipinski definition) is 1. The zero-order valence-electron chi connectivity index (χ0n) is 11.3. The van der Waals surface area contributed by atoms with E-state index in [9.17, 15) is 9.90 Å². The molecule has 1 unspecified atom stereocenters. The number of amides is 1. The van der Waals surface area contributed by atoms with Crippen LogP contribution in [-0.2, 0) is 0 Å². The molecule has 2 heterocycles. The number of benzene rings is 1.